The Kier molecular flexibility index (Phi) is 5.99. The van der Waals surface area contributed by atoms with Crippen molar-refractivity contribution in [3.8, 4) is 0 Å². The highest BCUT2D eigenvalue weighted by molar-refractivity contribution is 5.89. The molecule has 160 valence electrons. The number of fused-ring (bicyclic) bond motifs is 1. The SMILES string of the molecule is COC(=O)C1=CO[C@@H](O[C@@H]2O[C@H](CO)[C@@H](O)[C@H](O)[C@H]2O)[C@H]2[C@H]1C[C@H](O)[C@]2(C)O. The molecule has 1 saturated carbocycles. The topological polar surface area (TPSA) is 175 Å². The second-order valence-corrected chi connectivity index (χ2v) is 7.51. The van der Waals surface area contributed by atoms with Crippen molar-refractivity contribution in [3.63, 3.8) is 0 Å². The van der Waals surface area contributed by atoms with E-state index in [1.165, 1.54) is 14.0 Å². The minimum Gasteiger partial charge on any atom is -0.471 e. The summed E-state index contributed by atoms with van der Waals surface area (Å²) in [7, 11) is 1.19. The molecule has 0 amide bonds. The van der Waals surface area contributed by atoms with E-state index in [-0.39, 0.29) is 12.0 Å². The monoisotopic (exact) mass is 406 g/mol. The van der Waals surface area contributed by atoms with Gasteiger partial charge in [-0.3, -0.25) is 0 Å². The normalized spacial score (nSPS) is 48.4. The number of rotatable bonds is 4. The molecule has 6 N–H and O–H groups in total. The molecule has 10 atom stereocenters. The van der Waals surface area contributed by atoms with E-state index in [0.29, 0.717) is 0 Å². The second-order valence-electron chi connectivity index (χ2n) is 7.51. The van der Waals surface area contributed by atoms with Crippen molar-refractivity contribution < 1.29 is 54.4 Å². The molecule has 11 nitrogen and oxygen atoms in total. The van der Waals surface area contributed by atoms with Crippen LogP contribution in [-0.4, -0.2) is 99.0 Å². The van der Waals surface area contributed by atoms with Crippen LogP contribution in [-0.2, 0) is 23.7 Å². The first kappa shape index (κ1) is 21.4. The maximum atomic E-state index is 12.0. The highest BCUT2D eigenvalue weighted by atomic mass is 16.8. The lowest BCUT2D eigenvalue weighted by Gasteiger charge is -2.44. The minimum absolute atomic E-state index is 0.0521. The van der Waals surface area contributed by atoms with Gasteiger partial charge in [-0.1, -0.05) is 0 Å². The fourth-order valence-corrected chi connectivity index (χ4v) is 4.10. The maximum Gasteiger partial charge on any atom is 0.337 e. The van der Waals surface area contributed by atoms with E-state index in [1.54, 1.807) is 0 Å². The molecule has 1 aliphatic carbocycles. The van der Waals surface area contributed by atoms with Gasteiger partial charge in [0.1, 0.15) is 24.4 Å². The van der Waals surface area contributed by atoms with Gasteiger partial charge in [-0.2, -0.15) is 0 Å². The Morgan fingerprint density at radius 3 is 2.50 bits per heavy atom. The largest absolute Gasteiger partial charge is 0.471 e. The van der Waals surface area contributed by atoms with Gasteiger partial charge < -0.3 is 49.6 Å². The van der Waals surface area contributed by atoms with Crippen LogP contribution < -0.4 is 0 Å². The van der Waals surface area contributed by atoms with Crippen LogP contribution in [0.2, 0.25) is 0 Å². The summed E-state index contributed by atoms with van der Waals surface area (Å²) in [6, 6.07) is 0. The lowest BCUT2D eigenvalue weighted by atomic mass is 9.81. The molecule has 0 unspecified atom stereocenters. The van der Waals surface area contributed by atoms with E-state index >= 15 is 0 Å². The summed E-state index contributed by atoms with van der Waals surface area (Å²) < 4.78 is 21.1. The Morgan fingerprint density at radius 2 is 1.89 bits per heavy atom. The van der Waals surface area contributed by atoms with Crippen LogP contribution in [0.4, 0.5) is 0 Å². The summed E-state index contributed by atoms with van der Waals surface area (Å²) >= 11 is 0. The molecule has 3 rings (SSSR count). The van der Waals surface area contributed by atoms with Crippen LogP contribution in [0, 0.1) is 11.8 Å². The molecule has 2 aliphatic heterocycles. The Morgan fingerprint density at radius 1 is 1.21 bits per heavy atom. The van der Waals surface area contributed by atoms with Crippen molar-refractivity contribution in [2.45, 2.75) is 62.0 Å². The van der Waals surface area contributed by atoms with Crippen molar-refractivity contribution in [2.24, 2.45) is 11.8 Å². The first-order valence-corrected chi connectivity index (χ1v) is 8.93. The summed E-state index contributed by atoms with van der Waals surface area (Å²) in [5.41, 5.74) is -1.57. The van der Waals surface area contributed by atoms with Crippen molar-refractivity contribution in [2.75, 3.05) is 13.7 Å². The lowest BCUT2D eigenvalue weighted by Crippen LogP contribution is -2.61. The number of aliphatic hydroxyl groups is 6. The van der Waals surface area contributed by atoms with Crippen LogP contribution in [0.3, 0.4) is 0 Å². The van der Waals surface area contributed by atoms with Crippen molar-refractivity contribution in [1.82, 2.24) is 0 Å². The van der Waals surface area contributed by atoms with E-state index in [0.717, 1.165) is 6.26 Å². The van der Waals surface area contributed by atoms with Crippen LogP contribution in [0.15, 0.2) is 11.8 Å². The van der Waals surface area contributed by atoms with E-state index in [4.69, 9.17) is 18.9 Å². The maximum absolute atomic E-state index is 12.0. The number of esters is 1. The highest BCUT2D eigenvalue weighted by Crippen LogP contribution is 2.49. The number of carbonyl (C=O) groups excluding carboxylic acids is 1. The molecule has 0 aromatic carbocycles. The van der Waals surface area contributed by atoms with Crippen LogP contribution in [0.1, 0.15) is 13.3 Å². The Bertz CT molecular complexity index is 618. The first-order chi connectivity index (χ1) is 13.1. The lowest BCUT2D eigenvalue weighted by molar-refractivity contribution is -0.347. The molecular weight excluding hydrogens is 380 g/mol. The number of aliphatic hydroxyl groups excluding tert-OH is 5. The smallest absolute Gasteiger partial charge is 0.337 e. The van der Waals surface area contributed by atoms with Gasteiger partial charge >= 0.3 is 5.97 Å². The molecular formula is C17H26O11. The van der Waals surface area contributed by atoms with Gasteiger partial charge in [0.15, 0.2) is 6.29 Å². The van der Waals surface area contributed by atoms with Gasteiger partial charge in [-0.05, 0) is 13.3 Å². The van der Waals surface area contributed by atoms with Crippen LogP contribution in [0.5, 0.6) is 0 Å². The summed E-state index contributed by atoms with van der Waals surface area (Å²) in [5, 5.41) is 60.2. The molecule has 1 saturated heterocycles. The molecule has 0 aromatic rings. The average molecular weight is 406 g/mol. The summed E-state index contributed by atoms with van der Waals surface area (Å²) in [6.45, 7) is 0.737. The third-order valence-corrected chi connectivity index (χ3v) is 5.82. The molecule has 0 aromatic heterocycles. The van der Waals surface area contributed by atoms with E-state index in [2.05, 4.69) is 0 Å². The zero-order valence-corrected chi connectivity index (χ0v) is 15.4. The van der Waals surface area contributed by atoms with Gasteiger partial charge in [-0.15, -0.1) is 0 Å². The summed E-state index contributed by atoms with van der Waals surface area (Å²) in [4.78, 5) is 12.0. The summed E-state index contributed by atoms with van der Waals surface area (Å²) in [5.74, 6) is -2.25. The third kappa shape index (κ3) is 3.42. The third-order valence-electron chi connectivity index (χ3n) is 5.82. The zero-order valence-electron chi connectivity index (χ0n) is 15.4. The van der Waals surface area contributed by atoms with Gasteiger partial charge in [0, 0.05) is 5.92 Å². The molecule has 2 heterocycles. The predicted molar refractivity (Wildman–Crippen MR) is 88.1 cm³/mol. The Balaban J connectivity index is 1.85. The fraction of sp³-hybridized carbons (Fsp3) is 0.824. The minimum atomic E-state index is -1.70. The Hall–Kier alpha value is -1.31. The molecule has 0 radical (unpaired) electrons. The zero-order chi connectivity index (χ0) is 20.8. The van der Waals surface area contributed by atoms with Gasteiger partial charge in [0.05, 0.1) is 43.2 Å². The standard InChI is InChI=1S/C17H26O11/c1-17(24)9(19)3-6-7(14(23)25-2)5-26-15(10(6)17)28-16-13(22)12(21)11(20)8(4-18)27-16/h5-6,8-13,15-16,18-22,24H,3-4H2,1-2H3/t6-,8+,9-,10+,11+,12-,13+,15-,16-,17-/m0/s1. The second kappa shape index (κ2) is 7.84. The molecule has 11 heteroatoms. The number of hydrogen-bond acceptors (Lipinski definition) is 11. The van der Waals surface area contributed by atoms with E-state index in [1.807, 2.05) is 0 Å². The quantitative estimate of drug-likeness (QED) is 0.262. The van der Waals surface area contributed by atoms with Crippen LogP contribution >= 0.6 is 0 Å². The average Bonchev–Trinajstić information content (AvgIpc) is 2.91. The van der Waals surface area contributed by atoms with E-state index in [9.17, 15) is 35.4 Å². The molecule has 3 aliphatic rings. The van der Waals surface area contributed by atoms with Gasteiger partial charge in [-0.25, -0.2) is 4.79 Å². The molecule has 0 bridgehead atoms. The van der Waals surface area contributed by atoms with Crippen molar-refractivity contribution >= 4 is 5.97 Å². The highest BCUT2D eigenvalue weighted by Gasteiger charge is 2.60. The Labute approximate surface area is 160 Å². The van der Waals surface area contributed by atoms with Gasteiger partial charge in [0.2, 0.25) is 6.29 Å². The number of carbonyl (C=O) groups is 1. The fourth-order valence-electron chi connectivity index (χ4n) is 4.10. The molecule has 2 fully saturated rings. The van der Waals surface area contributed by atoms with E-state index < -0.39 is 73.1 Å². The van der Waals surface area contributed by atoms with Crippen molar-refractivity contribution in [3.05, 3.63) is 11.8 Å². The molecule has 0 spiro atoms. The predicted octanol–water partition coefficient (Wildman–Crippen LogP) is -3.04. The number of methoxy groups -OCH3 is 1. The van der Waals surface area contributed by atoms with Gasteiger partial charge in [0.25, 0.3) is 0 Å². The number of hydrogen-bond donors (Lipinski definition) is 6. The summed E-state index contributed by atoms with van der Waals surface area (Å²) in [6.07, 6.45) is -8.83. The first-order valence-electron chi connectivity index (χ1n) is 8.93. The van der Waals surface area contributed by atoms with Crippen LogP contribution in [0.25, 0.3) is 0 Å². The van der Waals surface area contributed by atoms with Crippen molar-refractivity contribution in [1.29, 1.82) is 0 Å². The number of ether oxygens (including phenoxy) is 4. The molecule has 28 heavy (non-hydrogen) atoms.